The van der Waals surface area contributed by atoms with Crippen LogP contribution >= 0.6 is 11.3 Å². The Bertz CT molecular complexity index is 663. The first-order chi connectivity index (χ1) is 9.82. The Hall–Kier alpha value is -1.34. The van der Waals surface area contributed by atoms with Gasteiger partial charge in [0.05, 0.1) is 18.4 Å². The Kier molecular flexibility index (Phi) is 4.73. The first-order valence-electron chi connectivity index (χ1n) is 6.39. The molecule has 21 heavy (non-hydrogen) atoms. The minimum atomic E-state index is -3.50. The van der Waals surface area contributed by atoms with Crippen LogP contribution < -0.4 is 11.1 Å². The highest BCUT2D eigenvalue weighted by molar-refractivity contribution is 7.91. The molecule has 0 amide bonds. The molecule has 0 saturated carbocycles. The molecule has 116 valence electrons. The number of rotatable bonds is 4. The van der Waals surface area contributed by atoms with E-state index in [1.807, 2.05) is 13.1 Å². The Labute approximate surface area is 128 Å². The second kappa shape index (κ2) is 6.19. The fourth-order valence-electron chi connectivity index (χ4n) is 2.19. The summed E-state index contributed by atoms with van der Waals surface area (Å²) in [6, 6.07) is 1.92. The van der Waals surface area contributed by atoms with Crippen LogP contribution in [0.4, 0.5) is 10.7 Å². The molecule has 2 heterocycles. The Morgan fingerprint density at radius 3 is 2.90 bits per heavy atom. The third kappa shape index (κ3) is 3.65. The van der Waals surface area contributed by atoms with Crippen LogP contribution in [0.2, 0.25) is 0 Å². The maximum absolute atomic E-state index is 11.8. The number of hydrogen-bond donors (Lipinski definition) is 2. The number of anilines is 2. The molecule has 1 aliphatic heterocycles. The second-order valence-electron chi connectivity index (χ2n) is 5.02. The number of nitrogen functional groups attached to an aromatic ring is 1. The van der Waals surface area contributed by atoms with Gasteiger partial charge in [-0.15, -0.1) is 11.3 Å². The van der Waals surface area contributed by atoms with E-state index < -0.39 is 9.84 Å². The number of morpholine rings is 1. The molecule has 1 aromatic rings. The number of nitrogens with two attached hydrogens (primary N) is 1. The van der Waals surface area contributed by atoms with Gasteiger partial charge in [0.2, 0.25) is 0 Å². The van der Waals surface area contributed by atoms with E-state index in [0.717, 1.165) is 30.7 Å². The average molecular weight is 330 g/mol. The first-order valence-corrected chi connectivity index (χ1v) is 9.10. The minimum Gasteiger partial charge on any atom is -0.396 e. The highest BCUT2D eigenvalue weighted by Gasteiger charge is 2.25. The number of ether oxygens (including phenoxy) is 1. The average Bonchev–Trinajstić information content (AvgIpc) is 2.72. The zero-order valence-corrected chi connectivity index (χ0v) is 13.6. The highest BCUT2D eigenvalue weighted by Crippen LogP contribution is 2.38. The van der Waals surface area contributed by atoms with Crippen LogP contribution in [0.3, 0.4) is 0 Å². The van der Waals surface area contributed by atoms with Gasteiger partial charge in [-0.1, -0.05) is 0 Å². The van der Waals surface area contributed by atoms with Crippen molar-refractivity contribution in [2.24, 2.45) is 0 Å². The summed E-state index contributed by atoms with van der Waals surface area (Å²) in [5.74, 6) is 0. The van der Waals surface area contributed by atoms with Crippen LogP contribution in [-0.4, -0.2) is 59.0 Å². The number of nitrogens with one attached hydrogen (secondary N) is 1. The molecule has 0 radical (unpaired) electrons. The van der Waals surface area contributed by atoms with E-state index in [0.29, 0.717) is 18.2 Å². The van der Waals surface area contributed by atoms with Gasteiger partial charge >= 0.3 is 0 Å². The third-order valence-electron chi connectivity index (χ3n) is 3.20. The quantitative estimate of drug-likeness (QED) is 0.820. The topological polar surface area (TPSA) is 108 Å². The normalized spacial score (nSPS) is 20.1. The second-order valence-corrected chi connectivity index (χ2v) is 8.00. The summed E-state index contributed by atoms with van der Waals surface area (Å²) in [5, 5.41) is 12.5. The zero-order chi connectivity index (χ0) is 15.6. The molecule has 2 rings (SSSR count). The molecule has 0 aliphatic carbocycles. The molecule has 1 unspecified atom stereocenters. The minimum absolute atomic E-state index is 0.00761. The number of nitrogens with zero attached hydrogens (tertiary/aromatic N) is 2. The summed E-state index contributed by atoms with van der Waals surface area (Å²) >= 11 is 1.06. The zero-order valence-electron chi connectivity index (χ0n) is 11.9. The van der Waals surface area contributed by atoms with Crippen molar-refractivity contribution in [1.29, 1.82) is 5.26 Å². The molecular weight excluding hydrogens is 312 g/mol. The lowest BCUT2D eigenvalue weighted by Gasteiger charge is -2.30. The molecule has 0 bridgehead atoms. The summed E-state index contributed by atoms with van der Waals surface area (Å²) < 4.78 is 29.3. The summed E-state index contributed by atoms with van der Waals surface area (Å²) in [6.45, 7) is 2.78. The molecular formula is C12H18N4O3S2. The van der Waals surface area contributed by atoms with Crippen LogP contribution in [0.5, 0.6) is 0 Å². The van der Waals surface area contributed by atoms with Gasteiger partial charge in [-0.3, -0.25) is 0 Å². The van der Waals surface area contributed by atoms with Gasteiger partial charge in [0.1, 0.15) is 20.8 Å². The van der Waals surface area contributed by atoms with Crippen molar-refractivity contribution in [2.75, 3.05) is 50.6 Å². The maximum atomic E-state index is 11.8. The molecule has 1 fully saturated rings. The van der Waals surface area contributed by atoms with Gasteiger partial charge in [-0.25, -0.2) is 8.42 Å². The lowest BCUT2D eigenvalue weighted by Crippen LogP contribution is -2.43. The molecule has 1 saturated heterocycles. The Morgan fingerprint density at radius 1 is 1.62 bits per heavy atom. The van der Waals surface area contributed by atoms with Gasteiger partial charge in [0.25, 0.3) is 0 Å². The van der Waals surface area contributed by atoms with Crippen molar-refractivity contribution in [2.45, 2.75) is 11.0 Å². The van der Waals surface area contributed by atoms with Gasteiger partial charge in [0, 0.05) is 25.9 Å². The summed E-state index contributed by atoms with van der Waals surface area (Å²) in [4.78, 5) is 2.37. The fraction of sp³-hybridized carbons (Fsp3) is 0.583. The van der Waals surface area contributed by atoms with Crippen molar-refractivity contribution in [1.82, 2.24) is 4.90 Å². The van der Waals surface area contributed by atoms with Crippen LogP contribution in [0, 0.1) is 11.3 Å². The van der Waals surface area contributed by atoms with E-state index >= 15 is 0 Å². The smallest absolute Gasteiger partial charge is 0.180 e. The molecule has 0 spiro atoms. The van der Waals surface area contributed by atoms with E-state index in [2.05, 4.69) is 10.2 Å². The van der Waals surface area contributed by atoms with E-state index in [4.69, 9.17) is 15.7 Å². The van der Waals surface area contributed by atoms with Gasteiger partial charge in [-0.2, -0.15) is 5.26 Å². The fourth-order valence-corrected chi connectivity index (χ4v) is 4.57. The molecule has 1 aliphatic rings. The van der Waals surface area contributed by atoms with E-state index in [1.54, 1.807) is 0 Å². The van der Waals surface area contributed by atoms with Crippen LogP contribution in [0.15, 0.2) is 4.90 Å². The highest BCUT2D eigenvalue weighted by atomic mass is 32.2. The van der Waals surface area contributed by atoms with Crippen molar-refractivity contribution in [3.63, 3.8) is 0 Å². The predicted molar refractivity (Wildman–Crippen MR) is 82.3 cm³/mol. The largest absolute Gasteiger partial charge is 0.396 e. The Balaban J connectivity index is 2.18. The molecule has 3 N–H and O–H groups in total. The maximum Gasteiger partial charge on any atom is 0.180 e. The van der Waals surface area contributed by atoms with Crippen molar-refractivity contribution in [3.05, 3.63) is 4.88 Å². The molecule has 1 atom stereocenters. The molecule has 1 aromatic heterocycles. The summed E-state index contributed by atoms with van der Waals surface area (Å²) in [6.07, 6.45) is 1.06. The van der Waals surface area contributed by atoms with E-state index in [9.17, 15) is 8.42 Å². The molecule has 9 heteroatoms. The van der Waals surface area contributed by atoms with Crippen molar-refractivity contribution in [3.8, 4) is 6.07 Å². The monoisotopic (exact) mass is 330 g/mol. The van der Waals surface area contributed by atoms with Gasteiger partial charge in [0.15, 0.2) is 9.84 Å². The number of sulfone groups is 1. The number of hydrogen-bond acceptors (Lipinski definition) is 8. The van der Waals surface area contributed by atoms with Crippen molar-refractivity contribution < 1.29 is 13.2 Å². The predicted octanol–water partition coefficient (Wildman–Crippen LogP) is 0.348. The third-order valence-corrected chi connectivity index (χ3v) is 5.57. The summed E-state index contributed by atoms with van der Waals surface area (Å²) in [5.41, 5.74) is 5.78. The Morgan fingerprint density at radius 2 is 2.33 bits per heavy atom. The number of thiophene rings is 1. The number of likely N-dealkylation sites (N-methyl/N-ethyl adjacent to an activating group) is 1. The summed E-state index contributed by atoms with van der Waals surface area (Å²) in [7, 11) is -1.49. The first kappa shape index (κ1) is 16.0. The number of nitriles is 1. The van der Waals surface area contributed by atoms with Crippen LogP contribution in [0.1, 0.15) is 4.88 Å². The standard InChI is InChI=1S/C12H18N4O3S2/c1-16-3-4-19-8(7-16)6-15-12-11(21(2,17)18)10(14)9(5-13)20-12/h8,15H,3-4,6-7,14H2,1-2H3. The lowest BCUT2D eigenvalue weighted by molar-refractivity contribution is -0.0117. The van der Waals surface area contributed by atoms with Gasteiger partial charge < -0.3 is 20.7 Å². The molecule has 0 aromatic carbocycles. The van der Waals surface area contributed by atoms with Crippen LogP contribution in [0.25, 0.3) is 0 Å². The van der Waals surface area contributed by atoms with E-state index in [-0.39, 0.29) is 21.6 Å². The van der Waals surface area contributed by atoms with E-state index in [1.165, 1.54) is 0 Å². The lowest BCUT2D eigenvalue weighted by atomic mass is 10.3. The SMILES string of the molecule is CN1CCOC(CNc2sc(C#N)c(N)c2S(C)(=O)=O)C1. The van der Waals surface area contributed by atoms with Gasteiger partial charge in [-0.05, 0) is 7.05 Å². The van der Waals surface area contributed by atoms with Crippen molar-refractivity contribution >= 4 is 31.9 Å². The molecule has 7 nitrogen and oxygen atoms in total. The van der Waals surface area contributed by atoms with Crippen LogP contribution in [-0.2, 0) is 14.6 Å².